The van der Waals surface area contributed by atoms with Gasteiger partial charge in [-0.25, -0.2) is 4.21 Å². The number of nitrogens with zero attached hydrogens (tertiary/aromatic N) is 2. The molecule has 3 N–H and O–H groups in total. The molecule has 2 aromatic heterocycles. The van der Waals surface area contributed by atoms with Crippen molar-refractivity contribution in [2.75, 3.05) is 0 Å². The molecule has 1 radical (unpaired) electrons. The predicted octanol–water partition coefficient (Wildman–Crippen LogP) is 0.927. The predicted molar refractivity (Wildman–Crippen MR) is 71.5 cm³/mol. The van der Waals surface area contributed by atoms with Crippen LogP contribution in [0, 0.1) is 41.3 Å². The van der Waals surface area contributed by atoms with Crippen LogP contribution < -0.4 is 5.73 Å². The number of amides is 1. The summed E-state index contributed by atoms with van der Waals surface area (Å²) in [6.45, 7) is 0. The van der Waals surface area contributed by atoms with Gasteiger partial charge in [-0.1, -0.05) is 0 Å². The third-order valence-electron chi connectivity index (χ3n) is 3.25. The number of aromatic nitrogens is 2. The first kappa shape index (κ1) is 16.2. The zero-order valence-corrected chi connectivity index (χ0v) is 16.0. The Kier molecular flexibility index (Phi) is 4.81. The van der Waals surface area contributed by atoms with Gasteiger partial charge in [-0.15, -0.1) is 11.3 Å². The van der Waals surface area contributed by atoms with Crippen molar-refractivity contribution in [1.82, 2.24) is 9.78 Å². The minimum absolute atomic E-state index is 0. The molecule has 1 atom stereocenters. The van der Waals surface area contributed by atoms with E-state index < -0.39 is 17.0 Å². The molecule has 0 bridgehead atoms. The Labute approximate surface area is 155 Å². The topological polar surface area (TPSA) is 98.2 Å². The first-order chi connectivity index (χ1) is 9.00. The molecule has 20 heavy (non-hydrogen) atoms. The fraction of sp³-hybridized carbons (Fsp3) is 0.273. The van der Waals surface area contributed by atoms with E-state index >= 15 is 0 Å². The van der Waals surface area contributed by atoms with Crippen molar-refractivity contribution in [2.45, 2.75) is 17.1 Å². The monoisotopic (exact) mass is 438 g/mol. The summed E-state index contributed by atoms with van der Waals surface area (Å²) in [7, 11) is 1.78. The average molecular weight is 438 g/mol. The Morgan fingerprint density at radius 2 is 2.25 bits per heavy atom. The largest absolute Gasteiger partial charge is 0.365 e. The number of carbonyl (C=O) groups excluding carboxylic acids is 1. The maximum absolute atomic E-state index is 11.5. The third kappa shape index (κ3) is 2.41. The van der Waals surface area contributed by atoms with Crippen molar-refractivity contribution in [2.24, 2.45) is 12.8 Å². The molecule has 103 valence electrons. The average Bonchev–Trinajstić information content (AvgIpc) is 2.89. The van der Waals surface area contributed by atoms with E-state index in [9.17, 15) is 13.6 Å². The number of hydrogen-bond donors (Lipinski definition) is 2. The smallest absolute Gasteiger partial charge is 0.259 e. The molecule has 1 amide bonds. The zero-order valence-electron chi connectivity index (χ0n) is 10.6. The molecule has 0 fully saturated rings. The minimum Gasteiger partial charge on any atom is -0.365 e. The minimum atomic E-state index is -2.14. The van der Waals surface area contributed by atoms with E-state index in [-0.39, 0.29) is 45.5 Å². The fourth-order valence-electron chi connectivity index (χ4n) is 2.49. The summed E-state index contributed by atoms with van der Waals surface area (Å²) < 4.78 is 22.9. The molecule has 0 aromatic carbocycles. The van der Waals surface area contributed by atoms with Crippen molar-refractivity contribution in [3.8, 4) is 11.3 Å². The molecule has 2 heterocycles. The van der Waals surface area contributed by atoms with Crippen molar-refractivity contribution in [3.63, 3.8) is 0 Å². The van der Waals surface area contributed by atoms with Crippen LogP contribution in [-0.4, -0.2) is 24.4 Å². The van der Waals surface area contributed by atoms with Crippen LogP contribution in [0.5, 0.6) is 0 Å². The number of fused-ring (bicyclic) bond motifs is 3. The van der Waals surface area contributed by atoms with Crippen molar-refractivity contribution in [3.05, 3.63) is 22.2 Å². The molecule has 1 aliphatic rings. The maximum atomic E-state index is 11.5. The van der Waals surface area contributed by atoms with E-state index in [4.69, 9.17) is 5.73 Å². The van der Waals surface area contributed by atoms with Crippen LogP contribution in [0.1, 0.15) is 20.8 Å². The van der Waals surface area contributed by atoms with Crippen molar-refractivity contribution >= 4 is 28.3 Å². The number of thiophene rings is 1. The number of primary amides is 1. The van der Waals surface area contributed by atoms with E-state index in [1.807, 2.05) is 0 Å². The Bertz CT molecular complexity index is 723. The summed E-state index contributed by atoms with van der Waals surface area (Å²) in [6, 6.07) is 0. The van der Waals surface area contributed by atoms with E-state index in [1.54, 1.807) is 17.9 Å². The summed E-state index contributed by atoms with van der Waals surface area (Å²) >= 11 is -1.14. The van der Waals surface area contributed by atoms with Crippen LogP contribution in [0.4, 0.5) is 0 Å². The molecule has 1 unspecified atom stereocenters. The van der Waals surface area contributed by atoms with Gasteiger partial charge in [0.1, 0.15) is 4.21 Å². The normalized spacial score (nSPS) is 14.1. The van der Waals surface area contributed by atoms with Crippen LogP contribution in [0.25, 0.3) is 11.3 Å². The molecule has 2 aromatic rings. The molecule has 1 aliphatic carbocycles. The Morgan fingerprint density at radius 3 is 2.85 bits per heavy atom. The van der Waals surface area contributed by atoms with Crippen LogP contribution in [-0.2, 0) is 31.0 Å². The molecule has 6 nitrogen and oxygen atoms in total. The van der Waals surface area contributed by atoms with Crippen LogP contribution in [0.15, 0.2) is 10.4 Å². The summed E-state index contributed by atoms with van der Waals surface area (Å²) in [6.07, 6.45) is 3.15. The summed E-state index contributed by atoms with van der Waals surface area (Å²) in [5.41, 5.74) is 8.61. The molecule has 9 heteroatoms. The summed E-state index contributed by atoms with van der Waals surface area (Å²) in [5, 5.41) is 4.18. The second kappa shape index (κ2) is 5.92. The van der Waals surface area contributed by atoms with Crippen LogP contribution >= 0.6 is 11.3 Å². The fourth-order valence-corrected chi connectivity index (χ4v) is 4.36. The second-order valence-electron chi connectivity index (χ2n) is 4.33. The van der Waals surface area contributed by atoms with E-state index in [1.165, 1.54) is 0 Å². The van der Waals surface area contributed by atoms with E-state index in [0.717, 1.165) is 34.6 Å². The molecular weight excluding hydrogens is 427 g/mol. The number of hydrogen-bond acceptors (Lipinski definition) is 4. The van der Waals surface area contributed by atoms with E-state index in [0.29, 0.717) is 16.9 Å². The van der Waals surface area contributed by atoms with Gasteiger partial charge in [-0.3, -0.25) is 9.48 Å². The van der Waals surface area contributed by atoms with Crippen molar-refractivity contribution in [1.29, 1.82) is 0 Å². The number of aryl methyl sites for hydroxylation is 2. The maximum Gasteiger partial charge on any atom is 0.259 e. The Balaban J connectivity index is 0.00000147. The molecule has 3 rings (SSSR count). The number of nitrogens with two attached hydrogens (primary N) is 1. The summed E-state index contributed by atoms with van der Waals surface area (Å²) in [4.78, 5) is 11.8. The van der Waals surface area contributed by atoms with E-state index in [2.05, 4.69) is 5.10 Å². The van der Waals surface area contributed by atoms with Gasteiger partial charge in [0.05, 0.1) is 16.8 Å². The first-order valence-corrected chi connectivity index (χ1v) is 7.50. The first-order valence-electron chi connectivity index (χ1n) is 5.58. The second-order valence-corrected chi connectivity index (χ2v) is 6.51. The van der Waals surface area contributed by atoms with Gasteiger partial charge >= 0.3 is 0 Å². The molecular formula is C11H11N3O3PrS2. The van der Waals surface area contributed by atoms with Gasteiger partial charge in [-0.05, 0) is 24.0 Å². The van der Waals surface area contributed by atoms with Gasteiger partial charge in [0.25, 0.3) is 5.91 Å². The quantitative estimate of drug-likeness (QED) is 0.682. The molecule has 0 saturated heterocycles. The molecule has 0 spiro atoms. The van der Waals surface area contributed by atoms with Gasteiger partial charge in [0.2, 0.25) is 0 Å². The van der Waals surface area contributed by atoms with Gasteiger partial charge in [0.15, 0.2) is 11.1 Å². The SMILES string of the molecule is Cn1ncc2c1-c1c(S(=O)O)sc(C(N)=O)c1CC2.[Pr]. The standard InChI is InChI=1S/C11H11N3O3S2.Pr/c1-14-8-5(4-13-14)2-3-6-7(8)11(19(16)17)18-9(6)10(12)15;/h4H,2-3H2,1H3,(H2,12,15)(H,16,17);. The Morgan fingerprint density at radius 1 is 1.55 bits per heavy atom. The number of rotatable bonds is 2. The Hall–Kier alpha value is -0.146. The molecule has 0 aliphatic heterocycles. The third-order valence-corrected chi connectivity index (χ3v) is 5.49. The van der Waals surface area contributed by atoms with Crippen molar-refractivity contribution < 1.29 is 54.8 Å². The van der Waals surface area contributed by atoms with Crippen LogP contribution in [0.2, 0.25) is 0 Å². The zero-order chi connectivity index (χ0) is 13.7. The van der Waals surface area contributed by atoms with Gasteiger partial charge in [-0.2, -0.15) is 5.10 Å². The van der Waals surface area contributed by atoms with Crippen LogP contribution in [0.3, 0.4) is 0 Å². The van der Waals surface area contributed by atoms with Gasteiger partial charge < -0.3 is 10.3 Å². The number of carbonyl (C=O) groups is 1. The summed E-state index contributed by atoms with van der Waals surface area (Å²) in [5.74, 6) is -0.552. The molecule has 0 saturated carbocycles. The van der Waals surface area contributed by atoms with Gasteiger partial charge in [0, 0.05) is 53.9 Å².